The van der Waals surface area contributed by atoms with Gasteiger partial charge in [0.1, 0.15) is 12.1 Å². The maximum absolute atomic E-state index is 11.8. The average Bonchev–Trinajstić information content (AvgIpc) is 2.92. The summed E-state index contributed by atoms with van der Waals surface area (Å²) in [4.78, 5) is 15.9. The molecule has 0 aliphatic carbocycles. The summed E-state index contributed by atoms with van der Waals surface area (Å²) in [6, 6.07) is 12.9. The lowest BCUT2D eigenvalue weighted by atomic mass is 10.3. The zero-order valence-corrected chi connectivity index (χ0v) is 11.0. The first kappa shape index (κ1) is 12.9. The second-order valence-corrected chi connectivity index (χ2v) is 4.28. The molecule has 1 aromatic carbocycles. The summed E-state index contributed by atoms with van der Waals surface area (Å²) in [5, 5.41) is 11.8. The number of aromatic nitrogens is 4. The Hall–Kier alpha value is -3.09. The quantitative estimate of drug-likeness (QED) is 0.570. The lowest BCUT2D eigenvalue weighted by Crippen LogP contribution is -2.23. The predicted molar refractivity (Wildman–Crippen MR) is 77.5 cm³/mol. The number of hydrazone groups is 1. The third kappa shape index (κ3) is 3.08. The van der Waals surface area contributed by atoms with Crippen molar-refractivity contribution >= 4 is 23.2 Å². The molecule has 0 aliphatic heterocycles. The number of fused-ring (bicyclic) bond motifs is 1. The maximum Gasteiger partial charge on any atom is 0.261 e. The molecule has 0 spiro atoms. The Morgan fingerprint density at radius 3 is 2.95 bits per heavy atom. The van der Waals surface area contributed by atoms with Crippen LogP contribution in [0.2, 0.25) is 0 Å². The molecule has 0 fully saturated rings. The summed E-state index contributed by atoms with van der Waals surface area (Å²) in [6.45, 7) is 0.0556. The van der Waals surface area contributed by atoms with Gasteiger partial charge in [-0.2, -0.15) is 5.10 Å². The molecule has 0 atom stereocenters. The number of hydrogen-bond donors (Lipinski definition) is 1. The summed E-state index contributed by atoms with van der Waals surface area (Å²) in [5.41, 5.74) is 4.67. The van der Waals surface area contributed by atoms with Gasteiger partial charge in [0.15, 0.2) is 0 Å². The van der Waals surface area contributed by atoms with E-state index >= 15 is 0 Å². The molecule has 7 heteroatoms. The van der Waals surface area contributed by atoms with Crippen LogP contribution in [0.5, 0.6) is 0 Å². The van der Waals surface area contributed by atoms with Crippen molar-refractivity contribution in [2.24, 2.45) is 5.10 Å². The van der Waals surface area contributed by atoms with Gasteiger partial charge in [-0.3, -0.25) is 9.78 Å². The van der Waals surface area contributed by atoms with Gasteiger partial charge in [0.25, 0.3) is 5.91 Å². The Morgan fingerprint density at radius 1 is 1.24 bits per heavy atom. The number of nitrogens with one attached hydrogen (secondary N) is 1. The molecule has 0 saturated heterocycles. The molecule has 7 nitrogen and oxygen atoms in total. The molecule has 0 bridgehead atoms. The van der Waals surface area contributed by atoms with Gasteiger partial charge in [-0.15, -0.1) is 5.10 Å². The SMILES string of the molecule is O=C(Cn1nnc2ccccc21)N/N=C/c1ccccn1. The number of benzene rings is 1. The van der Waals surface area contributed by atoms with Crippen molar-refractivity contribution < 1.29 is 4.79 Å². The average molecular weight is 280 g/mol. The second kappa shape index (κ2) is 5.91. The van der Waals surface area contributed by atoms with E-state index < -0.39 is 0 Å². The van der Waals surface area contributed by atoms with Gasteiger partial charge >= 0.3 is 0 Å². The predicted octanol–water partition coefficient (Wildman–Crippen LogP) is 0.977. The fraction of sp³-hybridized carbons (Fsp3) is 0.0714. The van der Waals surface area contributed by atoms with Crippen molar-refractivity contribution in [2.45, 2.75) is 6.54 Å². The maximum atomic E-state index is 11.8. The summed E-state index contributed by atoms with van der Waals surface area (Å²) in [5.74, 6) is -0.280. The van der Waals surface area contributed by atoms with Crippen LogP contribution in [-0.4, -0.2) is 32.1 Å². The van der Waals surface area contributed by atoms with E-state index in [-0.39, 0.29) is 12.5 Å². The zero-order valence-electron chi connectivity index (χ0n) is 11.0. The smallest absolute Gasteiger partial charge is 0.261 e. The lowest BCUT2D eigenvalue weighted by molar-refractivity contribution is -0.121. The standard InChI is InChI=1S/C14H12N6O/c21-14(18-16-9-11-5-3-4-8-15-11)10-20-13-7-2-1-6-12(13)17-19-20/h1-9H,10H2,(H,18,21)/b16-9+. The number of carbonyl (C=O) groups is 1. The second-order valence-electron chi connectivity index (χ2n) is 4.28. The monoisotopic (exact) mass is 280 g/mol. The normalized spacial score (nSPS) is 11.0. The van der Waals surface area contributed by atoms with Crippen LogP contribution in [0.3, 0.4) is 0 Å². The van der Waals surface area contributed by atoms with Crippen molar-refractivity contribution in [3.8, 4) is 0 Å². The van der Waals surface area contributed by atoms with E-state index in [4.69, 9.17) is 0 Å². The number of nitrogens with zero attached hydrogens (tertiary/aromatic N) is 5. The molecular formula is C14H12N6O. The largest absolute Gasteiger partial charge is 0.271 e. The molecule has 0 radical (unpaired) electrons. The van der Waals surface area contributed by atoms with E-state index in [1.807, 2.05) is 36.4 Å². The van der Waals surface area contributed by atoms with Gasteiger partial charge in [-0.05, 0) is 24.3 Å². The minimum Gasteiger partial charge on any atom is -0.271 e. The lowest BCUT2D eigenvalue weighted by Gasteiger charge is -2.00. The van der Waals surface area contributed by atoms with E-state index in [9.17, 15) is 4.79 Å². The van der Waals surface area contributed by atoms with Gasteiger partial charge < -0.3 is 0 Å². The highest BCUT2D eigenvalue weighted by atomic mass is 16.2. The Labute approximate surface area is 120 Å². The number of carbonyl (C=O) groups excluding carboxylic acids is 1. The van der Waals surface area contributed by atoms with Crippen LogP contribution in [0.25, 0.3) is 11.0 Å². The van der Waals surface area contributed by atoms with E-state index in [1.54, 1.807) is 12.3 Å². The van der Waals surface area contributed by atoms with Gasteiger partial charge in [0.2, 0.25) is 0 Å². The molecule has 0 aliphatic rings. The molecule has 104 valence electrons. The van der Waals surface area contributed by atoms with Crippen molar-refractivity contribution in [3.05, 3.63) is 54.4 Å². The highest BCUT2D eigenvalue weighted by molar-refractivity contribution is 5.82. The van der Waals surface area contributed by atoms with Crippen LogP contribution >= 0.6 is 0 Å². The summed E-state index contributed by atoms with van der Waals surface area (Å²) in [6.07, 6.45) is 3.14. The molecule has 3 aromatic rings. The van der Waals surface area contributed by atoms with Gasteiger partial charge in [0, 0.05) is 6.20 Å². The molecular weight excluding hydrogens is 268 g/mol. The third-order valence-electron chi connectivity index (χ3n) is 2.79. The summed E-state index contributed by atoms with van der Waals surface area (Å²) < 4.78 is 1.53. The molecule has 0 unspecified atom stereocenters. The van der Waals surface area contributed by atoms with Crippen molar-refractivity contribution in [1.82, 2.24) is 25.4 Å². The first-order valence-corrected chi connectivity index (χ1v) is 6.34. The van der Waals surface area contributed by atoms with Crippen LogP contribution < -0.4 is 5.43 Å². The fourth-order valence-electron chi connectivity index (χ4n) is 1.83. The highest BCUT2D eigenvalue weighted by Crippen LogP contribution is 2.08. The Balaban J connectivity index is 1.63. The molecule has 0 saturated carbocycles. The van der Waals surface area contributed by atoms with E-state index in [0.29, 0.717) is 5.69 Å². The van der Waals surface area contributed by atoms with Crippen LogP contribution in [0.4, 0.5) is 0 Å². The molecule has 2 aromatic heterocycles. The first-order chi connectivity index (χ1) is 10.3. The van der Waals surface area contributed by atoms with E-state index in [2.05, 4.69) is 25.8 Å². The summed E-state index contributed by atoms with van der Waals surface area (Å²) in [7, 11) is 0. The van der Waals surface area contributed by atoms with Crippen LogP contribution in [0.1, 0.15) is 5.69 Å². The van der Waals surface area contributed by atoms with Crippen molar-refractivity contribution in [3.63, 3.8) is 0 Å². The number of pyridine rings is 1. The molecule has 21 heavy (non-hydrogen) atoms. The molecule has 2 heterocycles. The number of para-hydroxylation sites is 1. The van der Waals surface area contributed by atoms with Crippen LogP contribution in [0, 0.1) is 0 Å². The molecule has 3 rings (SSSR count). The highest BCUT2D eigenvalue weighted by Gasteiger charge is 2.07. The van der Waals surface area contributed by atoms with Crippen LogP contribution in [0.15, 0.2) is 53.8 Å². The topological polar surface area (TPSA) is 85.1 Å². The minimum absolute atomic E-state index is 0.0556. The Kier molecular flexibility index (Phi) is 3.64. The van der Waals surface area contributed by atoms with E-state index in [1.165, 1.54) is 10.9 Å². The van der Waals surface area contributed by atoms with Crippen molar-refractivity contribution in [2.75, 3.05) is 0 Å². The van der Waals surface area contributed by atoms with Gasteiger partial charge in [-0.25, -0.2) is 10.1 Å². The number of rotatable bonds is 4. The van der Waals surface area contributed by atoms with Gasteiger partial charge in [-0.1, -0.05) is 23.4 Å². The molecule has 1 amide bonds. The number of amides is 1. The summed E-state index contributed by atoms with van der Waals surface area (Å²) >= 11 is 0. The van der Waals surface area contributed by atoms with Crippen LogP contribution in [-0.2, 0) is 11.3 Å². The Morgan fingerprint density at radius 2 is 2.10 bits per heavy atom. The molecule has 1 N–H and O–H groups in total. The fourth-order valence-corrected chi connectivity index (χ4v) is 1.83. The van der Waals surface area contributed by atoms with Gasteiger partial charge in [0.05, 0.1) is 17.4 Å². The minimum atomic E-state index is -0.280. The zero-order chi connectivity index (χ0) is 14.5. The van der Waals surface area contributed by atoms with Crippen molar-refractivity contribution in [1.29, 1.82) is 0 Å². The third-order valence-corrected chi connectivity index (χ3v) is 2.79. The Bertz CT molecular complexity index is 780. The van der Waals surface area contributed by atoms with E-state index in [0.717, 1.165) is 11.0 Å². The first-order valence-electron chi connectivity index (χ1n) is 6.34. The number of hydrogen-bond acceptors (Lipinski definition) is 5.